The van der Waals surface area contributed by atoms with Crippen molar-refractivity contribution in [2.75, 3.05) is 44.4 Å². The highest BCUT2D eigenvalue weighted by molar-refractivity contribution is 8.13. The maximum atomic E-state index is 14.3. The van der Waals surface area contributed by atoms with Crippen LogP contribution in [0.1, 0.15) is 30.4 Å². The molecule has 0 aliphatic carbocycles. The lowest BCUT2D eigenvalue weighted by Crippen LogP contribution is -2.37. The molecule has 0 radical (unpaired) electrons. The van der Waals surface area contributed by atoms with Gasteiger partial charge in [0.05, 0.1) is 50.1 Å². The Morgan fingerprint density at radius 3 is 1.55 bits per heavy atom. The van der Waals surface area contributed by atoms with Crippen LogP contribution in [0.4, 0.5) is 14.6 Å². The first-order valence-electron chi connectivity index (χ1n) is 20.9. The molecule has 2 aliphatic heterocycles. The van der Waals surface area contributed by atoms with E-state index in [1.165, 1.54) is 48.6 Å². The Bertz CT molecular complexity index is 3230. The fourth-order valence-electron chi connectivity index (χ4n) is 6.96. The van der Waals surface area contributed by atoms with E-state index in [1.807, 2.05) is 0 Å². The van der Waals surface area contributed by atoms with Crippen LogP contribution in [0.25, 0.3) is 45.8 Å². The minimum absolute atomic E-state index is 0.0578. The lowest BCUT2D eigenvalue weighted by Gasteiger charge is -2.28. The normalized spacial score (nSPS) is 14.1. The molecule has 0 amide bonds. The number of aromatic nitrogens is 10. The monoisotopic (exact) mass is 1030 g/mol. The summed E-state index contributed by atoms with van der Waals surface area (Å²) in [4.78, 5) is 17.4. The van der Waals surface area contributed by atoms with Crippen molar-refractivity contribution in [3.8, 4) is 45.8 Å². The molecule has 2 aromatic carbocycles. The largest absolute Gasteiger partial charge is 0.381 e. The highest BCUT2D eigenvalue weighted by Crippen LogP contribution is 2.31. The van der Waals surface area contributed by atoms with Gasteiger partial charge in [0.2, 0.25) is 0 Å². The van der Waals surface area contributed by atoms with Crippen LogP contribution in [-0.4, -0.2) is 111 Å². The third kappa shape index (κ3) is 12.2. The summed E-state index contributed by atoms with van der Waals surface area (Å²) in [6.07, 6.45) is 8.78. The van der Waals surface area contributed by atoms with Crippen molar-refractivity contribution in [3.63, 3.8) is 0 Å². The standard InChI is InChI=1S/C21H19FN6O5S.C17H10Cl2FN5O3S.C5H10O/c22-15-4-2-1-3-14(15)13-28-18(16-5-8-33-26-16)11-17(25-28)20-23-12-19(34(29,30)31)21(24-20)27-6-9-32-10-7-27;18-16-15(29(19,26)27)8-21-17(22-16)13-7-14(12-5-6-28-24-12)25(23-13)9-10-3-1-2-4-11(10)20;1-2-4-6-5-3-1/h1-5,8,11-12H,6-7,9-10,13H2,(H,29,30,31);1-8H,9H2;1-5H2. The van der Waals surface area contributed by atoms with E-state index in [9.17, 15) is 30.2 Å². The first-order chi connectivity index (χ1) is 33.2. The molecule has 0 atom stereocenters. The molecule has 69 heavy (non-hydrogen) atoms. The zero-order chi connectivity index (χ0) is 48.5. The molecule has 0 unspecified atom stereocenters. The van der Waals surface area contributed by atoms with E-state index < -0.39 is 29.0 Å². The van der Waals surface area contributed by atoms with Crippen molar-refractivity contribution in [2.45, 2.75) is 42.1 Å². The van der Waals surface area contributed by atoms with Gasteiger partial charge in [-0.25, -0.2) is 37.1 Å². The Kier molecular flexibility index (Phi) is 15.5. The molecule has 0 spiro atoms. The van der Waals surface area contributed by atoms with Gasteiger partial charge in [0.25, 0.3) is 19.2 Å². The second-order valence-electron chi connectivity index (χ2n) is 15.0. The molecule has 360 valence electrons. The predicted molar refractivity (Wildman–Crippen MR) is 244 cm³/mol. The maximum absolute atomic E-state index is 14.3. The number of benzene rings is 2. The molecule has 2 saturated heterocycles. The van der Waals surface area contributed by atoms with E-state index in [0.29, 0.717) is 65.9 Å². The first kappa shape index (κ1) is 48.9. The van der Waals surface area contributed by atoms with Crippen LogP contribution < -0.4 is 4.90 Å². The number of rotatable bonds is 11. The molecule has 6 aromatic heterocycles. The zero-order valence-corrected chi connectivity index (χ0v) is 39.1. The zero-order valence-electron chi connectivity index (χ0n) is 36.0. The summed E-state index contributed by atoms with van der Waals surface area (Å²) in [6, 6.07) is 19.2. The number of ether oxygens (including phenoxy) is 2. The summed E-state index contributed by atoms with van der Waals surface area (Å²) < 4.78 is 108. The molecule has 2 fully saturated rings. The predicted octanol–water partition coefficient (Wildman–Crippen LogP) is 7.22. The molecular formula is C43H39Cl2F2N11O9S2. The molecule has 0 saturated carbocycles. The second-order valence-corrected chi connectivity index (χ2v) is 19.3. The minimum atomic E-state index is -4.56. The molecule has 10 rings (SSSR count). The van der Waals surface area contributed by atoms with Gasteiger partial charge >= 0.3 is 0 Å². The van der Waals surface area contributed by atoms with E-state index in [4.69, 9.17) is 40.8 Å². The van der Waals surface area contributed by atoms with Gasteiger partial charge in [-0.2, -0.15) is 18.6 Å². The van der Waals surface area contributed by atoms with Gasteiger partial charge < -0.3 is 23.4 Å². The van der Waals surface area contributed by atoms with Crippen LogP contribution in [0.2, 0.25) is 5.15 Å². The smallest absolute Gasteiger partial charge is 0.299 e. The van der Waals surface area contributed by atoms with Gasteiger partial charge in [-0.15, -0.1) is 0 Å². The summed E-state index contributed by atoms with van der Waals surface area (Å²) in [5, 5.41) is 16.5. The van der Waals surface area contributed by atoms with Crippen LogP contribution >= 0.6 is 22.3 Å². The van der Waals surface area contributed by atoms with Crippen molar-refractivity contribution in [2.24, 2.45) is 0 Å². The summed E-state index contributed by atoms with van der Waals surface area (Å²) in [5.74, 6) is -0.509. The van der Waals surface area contributed by atoms with E-state index in [1.54, 1.807) is 70.2 Å². The van der Waals surface area contributed by atoms with E-state index in [-0.39, 0.29) is 53.0 Å². The van der Waals surface area contributed by atoms with Gasteiger partial charge in [0.15, 0.2) is 27.5 Å². The Labute approximate surface area is 402 Å². The highest BCUT2D eigenvalue weighted by Gasteiger charge is 2.27. The molecular weight excluding hydrogens is 988 g/mol. The van der Waals surface area contributed by atoms with Crippen molar-refractivity contribution in [3.05, 3.63) is 126 Å². The maximum Gasteiger partial charge on any atom is 0.299 e. The molecule has 20 nitrogen and oxygen atoms in total. The molecule has 2 aliphatic rings. The minimum Gasteiger partial charge on any atom is -0.381 e. The summed E-state index contributed by atoms with van der Waals surface area (Å²) >= 11 is 5.93. The Hall–Kier alpha value is -6.54. The third-order valence-corrected chi connectivity index (χ3v) is 12.9. The van der Waals surface area contributed by atoms with E-state index in [0.717, 1.165) is 25.6 Å². The number of hydrogen-bond donors (Lipinski definition) is 1. The fraction of sp³-hybridized carbons (Fsp3) is 0.256. The van der Waals surface area contributed by atoms with Gasteiger partial charge in [-0.3, -0.25) is 13.9 Å². The average molecular weight is 1030 g/mol. The van der Waals surface area contributed by atoms with Gasteiger partial charge in [-0.1, -0.05) is 58.3 Å². The summed E-state index contributed by atoms with van der Waals surface area (Å²) in [7, 11) is -3.36. The molecule has 8 aromatic rings. The number of anilines is 1. The lowest BCUT2D eigenvalue weighted by atomic mass is 10.2. The summed E-state index contributed by atoms with van der Waals surface area (Å²) in [6.45, 7) is 3.77. The van der Waals surface area contributed by atoms with Crippen LogP contribution in [0.15, 0.2) is 117 Å². The van der Waals surface area contributed by atoms with Crippen molar-refractivity contribution in [1.29, 1.82) is 0 Å². The topological polar surface area (TPSA) is 249 Å². The van der Waals surface area contributed by atoms with E-state index >= 15 is 0 Å². The van der Waals surface area contributed by atoms with Gasteiger partial charge in [-0.05, 0) is 43.5 Å². The molecule has 8 heterocycles. The van der Waals surface area contributed by atoms with Crippen molar-refractivity contribution >= 4 is 47.3 Å². The Morgan fingerprint density at radius 2 is 1.13 bits per heavy atom. The molecule has 26 heteroatoms. The molecule has 1 N–H and O–H groups in total. The molecule has 0 bridgehead atoms. The first-order valence-corrected chi connectivity index (χ1v) is 25.0. The fourth-order valence-corrected chi connectivity index (χ4v) is 8.87. The lowest BCUT2D eigenvalue weighted by molar-refractivity contribution is 0.0968. The van der Waals surface area contributed by atoms with Crippen molar-refractivity contribution < 1.29 is 48.7 Å². The summed E-state index contributed by atoms with van der Waals surface area (Å²) in [5.41, 5.74) is 3.40. The third-order valence-electron chi connectivity index (χ3n) is 10.4. The number of nitrogens with zero attached hydrogens (tertiary/aromatic N) is 11. The number of halogens is 4. The highest BCUT2D eigenvalue weighted by atomic mass is 35.7. The Morgan fingerprint density at radius 1 is 0.638 bits per heavy atom. The second kappa shape index (κ2) is 21.8. The van der Waals surface area contributed by atoms with Gasteiger partial charge in [0.1, 0.15) is 51.8 Å². The Balaban J connectivity index is 0.000000167. The number of hydrogen-bond acceptors (Lipinski definition) is 17. The van der Waals surface area contributed by atoms with Crippen LogP contribution in [0, 0.1) is 11.6 Å². The quantitative estimate of drug-likeness (QED) is 0.0763. The number of morpholine rings is 1. The van der Waals surface area contributed by atoms with Gasteiger partial charge in [0, 0.05) is 60.2 Å². The van der Waals surface area contributed by atoms with Crippen LogP contribution in [0.5, 0.6) is 0 Å². The average Bonchev–Trinajstić information content (AvgIpc) is 4.20. The SMILES string of the molecule is C1CCOCC1.O=S(=O)(Cl)c1cnc(-c2cc(-c3ccon3)n(Cc3ccccc3F)n2)nc1Cl.O=S(=O)(O)c1cnc(-c2cc(-c3ccon3)n(Cc3ccccc3F)n2)nc1N1CCOCC1. The van der Waals surface area contributed by atoms with Crippen molar-refractivity contribution in [1.82, 2.24) is 49.8 Å². The van der Waals surface area contributed by atoms with Crippen LogP contribution in [0.3, 0.4) is 0 Å². The van der Waals surface area contributed by atoms with E-state index in [2.05, 4.69) is 40.4 Å². The van der Waals surface area contributed by atoms with Crippen LogP contribution in [-0.2, 0) is 41.7 Å².